The molecule has 172 valence electrons. The Labute approximate surface area is 205 Å². The van der Waals surface area contributed by atoms with E-state index in [1.807, 2.05) is 36.4 Å². The summed E-state index contributed by atoms with van der Waals surface area (Å²) in [7, 11) is 1.66. The second kappa shape index (κ2) is 8.14. The second-order valence-corrected chi connectivity index (χ2v) is 8.60. The Kier molecular flexibility index (Phi) is 4.93. The Bertz CT molecular complexity index is 1620. The first-order valence-corrected chi connectivity index (χ1v) is 11.3. The van der Waals surface area contributed by atoms with Gasteiger partial charge >= 0.3 is 0 Å². The van der Waals surface area contributed by atoms with Crippen molar-refractivity contribution in [2.75, 3.05) is 18.6 Å². The van der Waals surface area contributed by atoms with Crippen LogP contribution in [-0.2, 0) is 4.79 Å². The zero-order valence-corrected chi connectivity index (χ0v) is 19.3. The summed E-state index contributed by atoms with van der Waals surface area (Å²) in [5, 5.41) is 5.72. The monoisotopic (exact) mass is 483 g/mol. The third-order valence-corrected chi connectivity index (χ3v) is 6.30. The lowest BCUT2D eigenvalue weighted by Crippen LogP contribution is -2.35. The quantitative estimate of drug-likeness (QED) is 0.314. The normalized spacial score (nSPS) is 13.1. The predicted octanol–water partition coefficient (Wildman–Crippen LogP) is 5.53. The van der Waals surface area contributed by atoms with Gasteiger partial charge in [0, 0.05) is 23.0 Å². The van der Waals surface area contributed by atoms with Crippen molar-refractivity contribution in [3.63, 3.8) is 0 Å². The molecule has 0 N–H and O–H groups in total. The number of anilines is 1. The molecule has 0 aliphatic carbocycles. The second-order valence-electron chi connectivity index (χ2n) is 8.16. The van der Waals surface area contributed by atoms with Crippen LogP contribution in [0.15, 0.2) is 83.4 Å². The molecule has 7 nitrogen and oxygen atoms in total. The maximum absolute atomic E-state index is 13.8. The lowest BCUT2D eigenvalue weighted by Gasteiger charge is -2.26. The number of benzene rings is 3. The third-order valence-electron chi connectivity index (χ3n) is 6.06. The van der Waals surface area contributed by atoms with E-state index in [0.717, 1.165) is 5.69 Å². The van der Waals surface area contributed by atoms with Crippen LogP contribution in [0.5, 0.6) is 5.75 Å². The van der Waals surface area contributed by atoms with E-state index in [1.165, 1.54) is 4.90 Å². The van der Waals surface area contributed by atoms with Crippen LogP contribution in [-0.4, -0.2) is 35.1 Å². The van der Waals surface area contributed by atoms with Gasteiger partial charge in [-0.1, -0.05) is 29.8 Å². The zero-order valence-electron chi connectivity index (χ0n) is 18.6. The standard InChI is InChI=1S/C27H18ClN3O4/c1-30-21-13-16(7-9-23(21)34-15-24(30)32)26(33)27-25(19-14-17(28)8-10-22(19)35-27)20-11-12-29-31(20)18-5-3-2-4-6-18/h2-14H,15H2,1H3. The number of hydrogen-bond acceptors (Lipinski definition) is 5. The number of carbonyl (C=O) groups is 2. The Morgan fingerprint density at radius 1 is 1.03 bits per heavy atom. The molecule has 6 rings (SSSR count). The summed E-state index contributed by atoms with van der Waals surface area (Å²) in [5.41, 5.74) is 3.55. The molecule has 1 aliphatic rings. The van der Waals surface area contributed by atoms with Crippen molar-refractivity contribution in [2.24, 2.45) is 0 Å². The number of para-hydroxylation sites is 1. The number of rotatable bonds is 4. The van der Waals surface area contributed by atoms with Gasteiger partial charge in [0.1, 0.15) is 11.3 Å². The van der Waals surface area contributed by atoms with Crippen molar-refractivity contribution in [2.45, 2.75) is 0 Å². The van der Waals surface area contributed by atoms with Crippen molar-refractivity contribution >= 4 is 39.9 Å². The number of ether oxygens (including phenoxy) is 1. The van der Waals surface area contributed by atoms with Gasteiger partial charge in [-0.2, -0.15) is 5.10 Å². The molecule has 5 aromatic rings. The highest BCUT2D eigenvalue weighted by Crippen LogP contribution is 2.39. The molecule has 3 heterocycles. The molecule has 35 heavy (non-hydrogen) atoms. The van der Waals surface area contributed by atoms with E-state index in [1.54, 1.807) is 54.3 Å². The van der Waals surface area contributed by atoms with Gasteiger partial charge in [-0.25, -0.2) is 4.68 Å². The summed E-state index contributed by atoms with van der Waals surface area (Å²) in [4.78, 5) is 27.4. The van der Waals surface area contributed by atoms with Gasteiger partial charge in [-0.3, -0.25) is 9.59 Å². The van der Waals surface area contributed by atoms with E-state index >= 15 is 0 Å². The summed E-state index contributed by atoms with van der Waals surface area (Å²) in [5.74, 6) is 0.184. The third kappa shape index (κ3) is 3.48. The Balaban J connectivity index is 1.55. The van der Waals surface area contributed by atoms with E-state index in [4.69, 9.17) is 20.8 Å². The van der Waals surface area contributed by atoms with Crippen molar-refractivity contribution in [1.82, 2.24) is 9.78 Å². The van der Waals surface area contributed by atoms with Gasteiger partial charge in [-0.15, -0.1) is 0 Å². The average molecular weight is 484 g/mol. The van der Waals surface area contributed by atoms with Gasteiger partial charge in [0.2, 0.25) is 5.78 Å². The summed E-state index contributed by atoms with van der Waals surface area (Å²) < 4.78 is 13.4. The van der Waals surface area contributed by atoms with E-state index in [-0.39, 0.29) is 24.1 Å². The highest BCUT2D eigenvalue weighted by atomic mass is 35.5. The first-order chi connectivity index (χ1) is 17.0. The van der Waals surface area contributed by atoms with Crippen molar-refractivity contribution in [3.05, 3.63) is 95.3 Å². The molecular weight excluding hydrogens is 466 g/mol. The SMILES string of the molecule is CN1C(=O)COc2ccc(C(=O)c3oc4ccc(Cl)cc4c3-c3ccnn3-c3ccccc3)cc21. The number of fused-ring (bicyclic) bond motifs is 2. The Morgan fingerprint density at radius 2 is 1.86 bits per heavy atom. The molecule has 0 spiro atoms. The van der Waals surface area contributed by atoms with Crippen LogP contribution in [0.1, 0.15) is 16.1 Å². The molecular formula is C27H18ClN3O4. The Hall–Kier alpha value is -4.36. The van der Waals surface area contributed by atoms with E-state index in [2.05, 4.69) is 5.10 Å². The fourth-order valence-electron chi connectivity index (χ4n) is 4.30. The molecule has 0 radical (unpaired) electrons. The van der Waals surface area contributed by atoms with Crippen LogP contribution in [0.3, 0.4) is 0 Å². The minimum atomic E-state index is -0.331. The molecule has 1 aliphatic heterocycles. The summed E-state index contributed by atoms with van der Waals surface area (Å²) in [6, 6.07) is 21.7. The van der Waals surface area contributed by atoms with E-state index < -0.39 is 0 Å². The molecule has 3 aromatic carbocycles. The highest BCUT2D eigenvalue weighted by molar-refractivity contribution is 6.31. The maximum atomic E-state index is 13.8. The summed E-state index contributed by atoms with van der Waals surface area (Å²) in [6.45, 7) is -0.0330. The lowest BCUT2D eigenvalue weighted by molar-refractivity contribution is -0.120. The largest absolute Gasteiger partial charge is 0.482 e. The number of likely N-dealkylation sites (N-methyl/N-ethyl adjacent to an activating group) is 1. The first-order valence-electron chi connectivity index (χ1n) is 10.9. The molecule has 1 amide bonds. The molecule has 2 aromatic heterocycles. The number of furan rings is 1. The molecule has 0 atom stereocenters. The molecule has 0 bridgehead atoms. The number of aromatic nitrogens is 2. The van der Waals surface area contributed by atoms with Crippen LogP contribution < -0.4 is 9.64 Å². The van der Waals surface area contributed by atoms with Crippen LogP contribution in [0.25, 0.3) is 27.9 Å². The van der Waals surface area contributed by atoms with Gasteiger partial charge in [-0.05, 0) is 54.6 Å². The average Bonchev–Trinajstić information content (AvgIpc) is 3.50. The van der Waals surface area contributed by atoms with Gasteiger partial charge in [0.25, 0.3) is 5.91 Å². The number of carbonyl (C=O) groups excluding carboxylic acids is 2. The van der Waals surface area contributed by atoms with Crippen molar-refractivity contribution in [1.29, 1.82) is 0 Å². The minimum Gasteiger partial charge on any atom is -0.482 e. The lowest BCUT2D eigenvalue weighted by atomic mass is 10.0. The Morgan fingerprint density at radius 3 is 2.69 bits per heavy atom. The maximum Gasteiger partial charge on any atom is 0.264 e. The number of hydrogen-bond donors (Lipinski definition) is 0. The number of halogens is 1. The number of amides is 1. The van der Waals surface area contributed by atoms with Crippen molar-refractivity contribution in [3.8, 4) is 22.7 Å². The van der Waals surface area contributed by atoms with Crippen LogP contribution >= 0.6 is 11.6 Å². The van der Waals surface area contributed by atoms with Crippen LogP contribution in [0.2, 0.25) is 5.02 Å². The zero-order chi connectivity index (χ0) is 24.1. The molecule has 0 fully saturated rings. The molecule has 0 saturated carbocycles. The minimum absolute atomic E-state index is 0.0330. The molecule has 0 unspecified atom stereocenters. The van der Waals surface area contributed by atoms with Gasteiger partial charge < -0.3 is 14.1 Å². The smallest absolute Gasteiger partial charge is 0.264 e. The fourth-order valence-corrected chi connectivity index (χ4v) is 4.47. The number of nitrogens with zero attached hydrogens (tertiary/aromatic N) is 3. The summed E-state index contributed by atoms with van der Waals surface area (Å²) in [6.07, 6.45) is 1.68. The molecule has 0 saturated heterocycles. The number of ketones is 1. The molecule has 8 heteroatoms. The topological polar surface area (TPSA) is 77.6 Å². The van der Waals surface area contributed by atoms with E-state index in [0.29, 0.717) is 44.2 Å². The fraction of sp³-hybridized carbons (Fsp3) is 0.0741. The first kappa shape index (κ1) is 21.2. The van der Waals surface area contributed by atoms with Gasteiger partial charge in [0.05, 0.1) is 28.8 Å². The summed E-state index contributed by atoms with van der Waals surface area (Å²) >= 11 is 6.32. The highest BCUT2D eigenvalue weighted by Gasteiger charge is 2.28. The van der Waals surface area contributed by atoms with Gasteiger partial charge in [0.15, 0.2) is 12.4 Å². The van der Waals surface area contributed by atoms with Crippen LogP contribution in [0, 0.1) is 0 Å². The van der Waals surface area contributed by atoms with Crippen LogP contribution in [0.4, 0.5) is 5.69 Å². The van der Waals surface area contributed by atoms with E-state index in [9.17, 15) is 9.59 Å². The predicted molar refractivity (Wildman–Crippen MR) is 133 cm³/mol. The van der Waals surface area contributed by atoms with Crippen molar-refractivity contribution < 1.29 is 18.7 Å².